The van der Waals surface area contributed by atoms with Gasteiger partial charge in [-0.05, 0) is 40.8 Å². The molecule has 0 aliphatic heterocycles. The van der Waals surface area contributed by atoms with Gasteiger partial charge in [-0.15, -0.1) is 0 Å². The molecule has 0 radical (unpaired) electrons. The summed E-state index contributed by atoms with van der Waals surface area (Å²) < 4.78 is 5.58. The van der Waals surface area contributed by atoms with E-state index in [9.17, 15) is 4.79 Å². The Balaban J connectivity index is 2.03. The Morgan fingerprint density at radius 2 is 1.82 bits per heavy atom. The molecule has 0 bridgehead atoms. The molecule has 3 aromatic carbocycles. The first-order valence-corrected chi connectivity index (χ1v) is 7.19. The predicted molar refractivity (Wildman–Crippen MR) is 90.2 cm³/mol. The van der Waals surface area contributed by atoms with E-state index >= 15 is 0 Å². The first-order valence-electron chi connectivity index (χ1n) is 7.19. The summed E-state index contributed by atoms with van der Waals surface area (Å²) in [5.41, 5.74) is 2.48. The zero-order valence-electron chi connectivity index (χ0n) is 12.2. The van der Waals surface area contributed by atoms with E-state index in [1.807, 2.05) is 30.3 Å². The highest BCUT2D eigenvalue weighted by Gasteiger charge is 2.22. The second-order valence-corrected chi connectivity index (χ2v) is 5.60. The number of benzene rings is 3. The van der Waals surface area contributed by atoms with Crippen LogP contribution in [0.3, 0.4) is 0 Å². The highest BCUT2D eigenvalue weighted by atomic mass is 16.5. The molecule has 1 aliphatic carbocycles. The van der Waals surface area contributed by atoms with E-state index in [1.165, 1.54) is 0 Å². The van der Waals surface area contributed by atoms with Crippen LogP contribution in [0.2, 0.25) is 0 Å². The van der Waals surface area contributed by atoms with Crippen molar-refractivity contribution in [3.8, 4) is 0 Å². The van der Waals surface area contributed by atoms with Gasteiger partial charge in [-0.25, -0.2) is 4.79 Å². The van der Waals surface area contributed by atoms with Crippen molar-refractivity contribution in [1.82, 2.24) is 0 Å². The Hall–Kier alpha value is -2.87. The van der Waals surface area contributed by atoms with Crippen LogP contribution in [0.5, 0.6) is 0 Å². The Kier molecular flexibility index (Phi) is 2.67. The summed E-state index contributed by atoms with van der Waals surface area (Å²) in [6.07, 6.45) is 1.94. The van der Waals surface area contributed by atoms with E-state index in [0.29, 0.717) is 11.3 Å². The van der Waals surface area contributed by atoms with E-state index < -0.39 is 0 Å². The van der Waals surface area contributed by atoms with Crippen LogP contribution in [0.1, 0.15) is 18.1 Å². The maximum absolute atomic E-state index is 11.9. The van der Waals surface area contributed by atoms with Gasteiger partial charge < -0.3 is 4.74 Å². The lowest BCUT2D eigenvalue weighted by Crippen LogP contribution is -2.03. The van der Waals surface area contributed by atoms with Crippen molar-refractivity contribution in [1.29, 1.82) is 0 Å². The second-order valence-electron chi connectivity index (χ2n) is 5.60. The maximum atomic E-state index is 11.9. The average Bonchev–Trinajstić information content (AvgIpc) is 2.88. The van der Waals surface area contributed by atoms with Gasteiger partial charge in [-0.3, -0.25) is 0 Å². The molecule has 0 aromatic heterocycles. The lowest BCUT2D eigenvalue weighted by Gasteiger charge is -2.11. The van der Waals surface area contributed by atoms with Gasteiger partial charge in [-0.1, -0.05) is 49.0 Å². The van der Waals surface area contributed by atoms with Crippen LogP contribution in [-0.4, -0.2) is 5.97 Å². The van der Waals surface area contributed by atoms with Gasteiger partial charge in [0.25, 0.3) is 0 Å². The van der Waals surface area contributed by atoms with Crippen LogP contribution >= 0.6 is 0 Å². The third-order valence-electron chi connectivity index (χ3n) is 4.00. The van der Waals surface area contributed by atoms with Crippen molar-refractivity contribution < 1.29 is 9.53 Å². The molecule has 0 saturated carbocycles. The van der Waals surface area contributed by atoms with Crippen molar-refractivity contribution in [3.63, 3.8) is 0 Å². The van der Waals surface area contributed by atoms with E-state index in [0.717, 1.165) is 32.7 Å². The first kappa shape index (κ1) is 12.8. The van der Waals surface area contributed by atoms with Crippen LogP contribution in [0.4, 0.5) is 0 Å². The zero-order chi connectivity index (χ0) is 15.3. The molecular weight excluding hydrogens is 272 g/mol. The Morgan fingerprint density at radius 3 is 2.64 bits per heavy atom. The summed E-state index contributed by atoms with van der Waals surface area (Å²) in [5.74, 6) is 0.219. The molecule has 22 heavy (non-hydrogen) atoms. The monoisotopic (exact) mass is 286 g/mol. The third-order valence-corrected chi connectivity index (χ3v) is 4.00. The molecule has 0 fully saturated rings. The molecule has 0 amide bonds. The molecule has 2 heteroatoms. The third kappa shape index (κ3) is 1.77. The standard InChI is InChI=1S/C20H14O2/c1-12(2)20(21)22-17-11-15-8-5-7-14-10-13-6-3-4-9-16(13)19(17)18(14)15/h3-11H,1H2,2H3. The Morgan fingerprint density at radius 1 is 1.05 bits per heavy atom. The maximum Gasteiger partial charge on any atom is 0.338 e. The van der Waals surface area contributed by atoms with Crippen LogP contribution < -0.4 is 0 Å². The largest absolute Gasteiger partial charge is 0.422 e. The van der Waals surface area contributed by atoms with E-state index in [1.54, 1.807) is 6.92 Å². The number of carbonyl (C=O) groups excluding carboxylic acids is 1. The molecule has 2 nitrogen and oxygen atoms in total. The molecule has 0 N–H and O–H groups in total. The Labute approximate surface area is 128 Å². The van der Waals surface area contributed by atoms with Crippen LogP contribution in [0.15, 0.2) is 60.7 Å². The van der Waals surface area contributed by atoms with Crippen molar-refractivity contribution in [2.24, 2.45) is 0 Å². The molecule has 4 rings (SSSR count). The second kappa shape index (κ2) is 4.57. The molecular formula is C20H14O2. The summed E-state index contributed by atoms with van der Waals surface area (Å²) in [6.45, 7) is 5.31. The van der Waals surface area contributed by atoms with Gasteiger partial charge in [0, 0.05) is 16.5 Å². The van der Waals surface area contributed by atoms with Crippen molar-refractivity contribution in [2.75, 3.05) is 0 Å². The number of rotatable bonds is 2. The van der Waals surface area contributed by atoms with Gasteiger partial charge in [0.1, 0.15) is 5.76 Å². The van der Waals surface area contributed by atoms with Crippen molar-refractivity contribution in [3.05, 3.63) is 71.8 Å². The number of carbonyl (C=O) groups is 1. The van der Waals surface area contributed by atoms with Gasteiger partial charge in [-0.2, -0.15) is 0 Å². The van der Waals surface area contributed by atoms with Gasteiger partial charge in [0.15, 0.2) is 0 Å². The molecule has 0 heterocycles. The van der Waals surface area contributed by atoms with Crippen LogP contribution in [0, 0.1) is 0 Å². The number of hydrogen-bond acceptors (Lipinski definition) is 2. The lowest BCUT2D eigenvalue weighted by molar-refractivity contribution is -0.132. The van der Waals surface area contributed by atoms with Crippen LogP contribution in [-0.2, 0) is 9.53 Å². The molecule has 0 saturated heterocycles. The van der Waals surface area contributed by atoms with E-state index in [-0.39, 0.29) is 5.97 Å². The fraction of sp³-hybridized carbons (Fsp3) is 0.0500. The number of ether oxygens (including phenoxy) is 1. The van der Waals surface area contributed by atoms with E-state index in [2.05, 4.69) is 30.8 Å². The molecule has 3 aromatic rings. The van der Waals surface area contributed by atoms with Gasteiger partial charge in [0.2, 0.25) is 0 Å². The molecule has 106 valence electrons. The fourth-order valence-electron chi connectivity index (χ4n) is 3.01. The summed E-state index contributed by atoms with van der Waals surface area (Å²) in [5, 5.41) is 4.54. The average molecular weight is 286 g/mol. The normalized spacial score (nSPS) is 12.5. The molecule has 0 unspecified atom stereocenters. The highest BCUT2D eigenvalue weighted by molar-refractivity contribution is 6.18. The summed E-state index contributed by atoms with van der Waals surface area (Å²) >= 11 is 0. The zero-order valence-corrected chi connectivity index (χ0v) is 12.2. The van der Waals surface area contributed by atoms with Crippen molar-refractivity contribution >= 4 is 39.3 Å². The SMILES string of the molecule is C=C(C)C(=O)OC1=Cc2cccc3cc4ccccc4c1c23. The first-order chi connectivity index (χ1) is 10.6. The number of fused-ring (bicyclic) bond motifs is 2. The number of hydrogen-bond donors (Lipinski definition) is 0. The predicted octanol–water partition coefficient (Wildman–Crippen LogP) is 4.92. The minimum Gasteiger partial charge on any atom is -0.422 e. The molecule has 0 atom stereocenters. The molecule has 0 spiro atoms. The molecule has 1 aliphatic rings. The van der Waals surface area contributed by atoms with E-state index in [4.69, 9.17) is 4.74 Å². The Bertz CT molecular complexity index is 993. The smallest absolute Gasteiger partial charge is 0.338 e. The summed E-state index contributed by atoms with van der Waals surface area (Å²) in [7, 11) is 0. The van der Waals surface area contributed by atoms with Crippen molar-refractivity contribution in [2.45, 2.75) is 6.92 Å². The van der Waals surface area contributed by atoms with Gasteiger partial charge in [0.05, 0.1) is 0 Å². The minimum atomic E-state index is -0.389. The quantitative estimate of drug-likeness (QED) is 0.379. The summed E-state index contributed by atoms with van der Waals surface area (Å²) in [4.78, 5) is 11.9. The minimum absolute atomic E-state index is 0.389. The summed E-state index contributed by atoms with van der Waals surface area (Å²) in [6, 6.07) is 16.5. The number of esters is 1. The lowest BCUT2D eigenvalue weighted by atomic mass is 9.97. The fourth-order valence-corrected chi connectivity index (χ4v) is 3.01. The van der Waals surface area contributed by atoms with Gasteiger partial charge >= 0.3 is 5.97 Å². The van der Waals surface area contributed by atoms with Crippen LogP contribution in [0.25, 0.3) is 33.4 Å². The topological polar surface area (TPSA) is 26.3 Å². The highest BCUT2D eigenvalue weighted by Crippen LogP contribution is 2.41.